The van der Waals surface area contributed by atoms with E-state index in [9.17, 15) is 0 Å². The van der Waals surface area contributed by atoms with Crippen molar-refractivity contribution in [3.8, 4) is 0 Å². The molecule has 0 aromatic carbocycles. The van der Waals surface area contributed by atoms with Crippen LogP contribution in [0.15, 0.2) is 0 Å². The van der Waals surface area contributed by atoms with Crippen LogP contribution in [-0.4, -0.2) is 68.5 Å². The third kappa shape index (κ3) is 61.0. The van der Waals surface area contributed by atoms with Crippen molar-refractivity contribution in [2.24, 2.45) is 0 Å². The molecule has 0 heterocycles. The average Bonchev–Trinajstić information content (AvgIpc) is 1.00. The molecule has 4 radical (unpaired) electrons. The van der Waals surface area contributed by atoms with Crippen LogP contribution in [0.3, 0.4) is 0 Å². The standard InChI is InChI=1S/ClH.FH.5Li.H2N.2H/h2*1H;;;;;;1H2;;/q;;;;2*-1;+1;3*-1/p-2. The number of halogens is 2. The van der Waals surface area contributed by atoms with E-state index in [0.29, 0.717) is 0 Å². The van der Waals surface area contributed by atoms with Crippen LogP contribution in [0.2, 0.25) is 0 Å². The molecule has 8 heteroatoms. The molecule has 1 nitrogen and oxygen atoms in total. The fraction of sp³-hybridized carbons (Fsp3) is 0. The second-order valence-corrected chi connectivity index (χ2v) is 0. The fourth-order valence-corrected chi connectivity index (χ4v) is 0. The molecule has 0 saturated heterocycles. The van der Waals surface area contributed by atoms with Gasteiger partial charge in [0.15, 0.2) is 0 Å². The maximum atomic E-state index is 2.00. The SMILES string of the molecule is [Cl-].[F-].[H-].[H-].[Li+].[Li-].[Li-].[Li][Li].[NH2-]. The van der Waals surface area contributed by atoms with Crippen molar-refractivity contribution in [3.63, 3.8) is 0 Å². The predicted octanol–water partition coefficient (Wildman–Crippen LogP) is -9.57. The van der Waals surface area contributed by atoms with Crippen LogP contribution in [-0.2, 0) is 0 Å². The molecule has 0 aromatic rings. The second-order valence-electron chi connectivity index (χ2n) is 0. The van der Waals surface area contributed by atoms with Crippen molar-refractivity contribution in [2.45, 2.75) is 0 Å². The maximum absolute atomic E-state index is 2.00. The van der Waals surface area contributed by atoms with Crippen LogP contribution in [0.5, 0.6) is 0 Å². The van der Waals surface area contributed by atoms with Gasteiger partial charge >= 0.3 is 49.6 Å². The molecule has 0 aliphatic rings. The Morgan fingerprint density at radius 3 is 1.00 bits per heavy atom. The van der Waals surface area contributed by atoms with E-state index in [4.69, 9.17) is 0 Å². The first-order valence-corrected chi connectivity index (χ1v) is 1.00. The van der Waals surface area contributed by atoms with E-state index >= 15 is 0 Å². The van der Waals surface area contributed by atoms with Crippen molar-refractivity contribution >= 4 is 68.5 Å². The summed E-state index contributed by atoms with van der Waals surface area (Å²) < 4.78 is 0. The molecule has 0 atom stereocenters. The van der Waals surface area contributed by atoms with Crippen molar-refractivity contribution in [2.75, 3.05) is 0 Å². The Bertz CT molecular complexity index is 19.6. The van der Waals surface area contributed by atoms with Gasteiger partial charge in [0.05, 0.1) is 0 Å². The zero-order valence-electron chi connectivity index (χ0n) is 8.33. The zero-order chi connectivity index (χ0) is 2.00. The van der Waals surface area contributed by atoms with Crippen LogP contribution >= 0.6 is 0 Å². The summed E-state index contributed by atoms with van der Waals surface area (Å²) in [4.78, 5) is 0. The number of rotatable bonds is 0. The number of hydrogen-bond donors (Lipinski definition) is 0. The smallest absolute Gasteiger partial charge is 0.693 e. The van der Waals surface area contributed by atoms with Crippen molar-refractivity contribution in [1.82, 2.24) is 0 Å². The average molecular weight is 107 g/mol. The first-order chi connectivity index (χ1) is 1.00. The molecular formula is H4ClFLi5N-6. The summed E-state index contributed by atoms with van der Waals surface area (Å²) in [5, 5.41) is 0. The van der Waals surface area contributed by atoms with E-state index in [1.807, 2.05) is 30.8 Å². The Hall–Kier alpha value is 3.17. The van der Waals surface area contributed by atoms with Gasteiger partial charge in [-0.15, -0.1) is 0 Å². The van der Waals surface area contributed by atoms with E-state index in [1.54, 1.807) is 0 Å². The Kier molecular flexibility index (Phi) is 708. The van der Waals surface area contributed by atoms with E-state index in [-0.39, 0.29) is 82.7 Å². The summed E-state index contributed by atoms with van der Waals surface area (Å²) in [6.07, 6.45) is 0. The zero-order valence-corrected chi connectivity index (χ0v) is 7.09. The molecule has 0 fully saturated rings. The van der Waals surface area contributed by atoms with Gasteiger partial charge in [-0.05, 0) is 0 Å². The van der Waals surface area contributed by atoms with Gasteiger partial charge in [-0.3, -0.25) is 0 Å². The normalized spacial score (nSPS) is 1.00. The Labute approximate surface area is 112 Å². The molecule has 0 aliphatic carbocycles. The Morgan fingerprint density at radius 1 is 1.00 bits per heavy atom. The summed E-state index contributed by atoms with van der Waals surface area (Å²) in [5.41, 5.74) is 0. The summed E-state index contributed by atoms with van der Waals surface area (Å²) in [5.74, 6) is 0. The molecule has 0 amide bonds. The fourth-order valence-electron chi connectivity index (χ4n) is 0. The largest absolute Gasteiger partial charge is 0.693 e. The minimum absolute atomic E-state index is 0. The van der Waals surface area contributed by atoms with Crippen LogP contribution in [0, 0.1) is 0 Å². The van der Waals surface area contributed by atoms with Gasteiger partial charge in [0.25, 0.3) is 0 Å². The first-order valence-electron chi connectivity index (χ1n) is 1.00. The van der Waals surface area contributed by atoms with E-state index in [1.165, 1.54) is 0 Å². The van der Waals surface area contributed by atoms with Gasteiger partial charge in [0.2, 0.25) is 0 Å². The molecule has 2 N–H and O–H groups in total. The van der Waals surface area contributed by atoms with Crippen LogP contribution in [0.1, 0.15) is 2.85 Å². The topological polar surface area (TPSA) is 33.5 Å². The summed E-state index contributed by atoms with van der Waals surface area (Å²) >= 11 is 4.00. The molecule has 8 heavy (non-hydrogen) atoms. The maximum Gasteiger partial charge on any atom is -0.693 e. The Balaban J connectivity index is -0.000000000179. The second kappa shape index (κ2) is 85.2. The Morgan fingerprint density at radius 2 is 1.00 bits per heavy atom. The summed E-state index contributed by atoms with van der Waals surface area (Å²) in [6, 6.07) is 0. The van der Waals surface area contributed by atoms with Gasteiger partial charge in [-0.1, -0.05) is 0 Å². The third-order valence-electron chi connectivity index (χ3n) is 0. The van der Waals surface area contributed by atoms with Crippen molar-refractivity contribution in [3.05, 3.63) is 6.15 Å². The van der Waals surface area contributed by atoms with Crippen molar-refractivity contribution < 1.29 is 38.8 Å². The van der Waals surface area contributed by atoms with Gasteiger partial charge in [-0.2, -0.15) is 0 Å². The minimum Gasteiger partial charge on any atom is -0.693 e. The molecular weight excluding hydrogens is 103 g/mol. The van der Waals surface area contributed by atoms with Gasteiger partial charge in [-0.25, -0.2) is 0 Å². The molecule has 0 aromatic heterocycles. The number of nitrogens with two attached hydrogens (primary N) is 1. The molecule has 34 valence electrons. The molecule has 0 saturated carbocycles. The van der Waals surface area contributed by atoms with Crippen LogP contribution < -0.4 is 36.0 Å². The molecule has 0 bridgehead atoms. The van der Waals surface area contributed by atoms with Crippen LogP contribution in [0.4, 0.5) is 0 Å². The van der Waals surface area contributed by atoms with E-state index in [0.717, 1.165) is 0 Å². The van der Waals surface area contributed by atoms with E-state index in [2.05, 4.69) is 0 Å². The van der Waals surface area contributed by atoms with Gasteiger partial charge in [0.1, 0.15) is 0 Å². The minimum atomic E-state index is 0. The number of hydrogen-bond acceptors (Lipinski definition) is 0. The molecule has 0 aliphatic heterocycles. The summed E-state index contributed by atoms with van der Waals surface area (Å²) in [6.45, 7) is 0. The molecule has 0 rings (SSSR count). The predicted molar refractivity (Wildman–Crippen MR) is 30.5 cm³/mol. The molecule has 0 spiro atoms. The molecule has 0 unspecified atom stereocenters. The quantitative estimate of drug-likeness (QED) is 0.275. The summed E-state index contributed by atoms with van der Waals surface area (Å²) in [7, 11) is 0. The monoisotopic (exact) mass is 107 g/mol. The van der Waals surface area contributed by atoms with Gasteiger partial charge < -0.3 is 63.8 Å². The van der Waals surface area contributed by atoms with Crippen LogP contribution in [0.25, 0.3) is 6.15 Å². The van der Waals surface area contributed by atoms with E-state index < -0.39 is 0 Å². The first kappa shape index (κ1) is 66.5. The van der Waals surface area contributed by atoms with Gasteiger partial charge in [0, 0.05) is 0 Å². The van der Waals surface area contributed by atoms with Crippen molar-refractivity contribution in [1.29, 1.82) is 0 Å². The third-order valence-corrected chi connectivity index (χ3v) is 0.